The smallest absolute Gasteiger partial charge is 0.157 e. The maximum Gasteiger partial charge on any atom is 0.157 e. The molecule has 4 rings (SSSR count). The summed E-state index contributed by atoms with van der Waals surface area (Å²) in [7, 11) is 0. The van der Waals surface area contributed by atoms with Crippen molar-refractivity contribution < 1.29 is 14.2 Å². The molecule has 3 aromatic rings. The summed E-state index contributed by atoms with van der Waals surface area (Å²) in [5, 5.41) is 2.40. The third kappa shape index (κ3) is 4.53. The Balaban J connectivity index is 1.45. The van der Waals surface area contributed by atoms with Crippen molar-refractivity contribution >= 4 is 10.8 Å². The lowest BCUT2D eigenvalue weighted by molar-refractivity contribution is -0.189. The standard InChI is InChI=1S/C24H27NO3/c25-13-5-10-24-27-16-20(17-28-24)22-9-4-8-19-14-21(11-12-23(19)22)26-15-18-6-2-1-3-7-18/h1-4,6-9,11-12,14,20,24H,5,10,13,15-17,25H2. The maximum absolute atomic E-state index is 5.98. The highest BCUT2D eigenvalue weighted by Crippen LogP contribution is 2.31. The van der Waals surface area contributed by atoms with Crippen LogP contribution in [0.3, 0.4) is 0 Å². The molecule has 0 aromatic heterocycles. The van der Waals surface area contributed by atoms with Gasteiger partial charge in [-0.25, -0.2) is 0 Å². The molecule has 3 aromatic carbocycles. The zero-order valence-corrected chi connectivity index (χ0v) is 16.1. The van der Waals surface area contributed by atoms with E-state index in [0.717, 1.165) is 24.2 Å². The predicted octanol–water partition coefficient (Wildman–Crippen LogP) is 4.61. The zero-order chi connectivity index (χ0) is 19.2. The summed E-state index contributed by atoms with van der Waals surface area (Å²) < 4.78 is 17.8. The maximum atomic E-state index is 5.98. The van der Waals surface area contributed by atoms with Crippen LogP contribution < -0.4 is 10.5 Å². The van der Waals surface area contributed by atoms with E-state index in [0.29, 0.717) is 26.4 Å². The lowest BCUT2D eigenvalue weighted by Crippen LogP contribution is -2.31. The summed E-state index contributed by atoms with van der Waals surface area (Å²) in [4.78, 5) is 0. The highest BCUT2D eigenvalue weighted by molar-refractivity contribution is 5.87. The lowest BCUT2D eigenvalue weighted by atomic mass is 9.94. The molecule has 1 fully saturated rings. The van der Waals surface area contributed by atoms with Gasteiger partial charge in [0.15, 0.2) is 6.29 Å². The van der Waals surface area contributed by atoms with Crippen LogP contribution in [0.2, 0.25) is 0 Å². The molecule has 1 aliphatic rings. The first kappa shape index (κ1) is 18.9. The second kappa shape index (κ2) is 9.20. The minimum absolute atomic E-state index is 0.118. The molecule has 0 amide bonds. The van der Waals surface area contributed by atoms with Gasteiger partial charge in [-0.1, -0.05) is 54.6 Å². The molecule has 1 heterocycles. The van der Waals surface area contributed by atoms with Crippen molar-refractivity contribution in [2.24, 2.45) is 5.73 Å². The van der Waals surface area contributed by atoms with E-state index in [1.165, 1.54) is 16.3 Å². The van der Waals surface area contributed by atoms with E-state index in [2.05, 4.69) is 42.5 Å². The minimum Gasteiger partial charge on any atom is -0.489 e. The summed E-state index contributed by atoms with van der Waals surface area (Å²) >= 11 is 0. The fourth-order valence-corrected chi connectivity index (χ4v) is 3.65. The first-order chi connectivity index (χ1) is 13.8. The summed E-state index contributed by atoms with van der Waals surface area (Å²) in [6.45, 7) is 2.60. The Hall–Kier alpha value is -2.40. The molecule has 0 radical (unpaired) electrons. The Morgan fingerprint density at radius 3 is 2.54 bits per heavy atom. The Bertz CT molecular complexity index is 889. The molecular weight excluding hydrogens is 350 g/mol. The average molecular weight is 377 g/mol. The first-order valence-corrected chi connectivity index (χ1v) is 9.96. The molecule has 4 nitrogen and oxygen atoms in total. The average Bonchev–Trinajstić information content (AvgIpc) is 2.77. The van der Waals surface area contributed by atoms with E-state index >= 15 is 0 Å². The van der Waals surface area contributed by atoms with Crippen LogP contribution in [0.4, 0.5) is 0 Å². The van der Waals surface area contributed by atoms with Gasteiger partial charge in [0.2, 0.25) is 0 Å². The van der Waals surface area contributed by atoms with Crippen molar-refractivity contribution in [2.45, 2.75) is 31.7 Å². The number of hydrogen-bond acceptors (Lipinski definition) is 4. The van der Waals surface area contributed by atoms with E-state index in [4.69, 9.17) is 19.9 Å². The molecule has 0 aliphatic carbocycles. The first-order valence-electron chi connectivity index (χ1n) is 9.96. The summed E-state index contributed by atoms with van der Waals surface area (Å²) in [6, 6.07) is 22.9. The molecular formula is C24H27NO3. The molecule has 0 atom stereocenters. The molecule has 28 heavy (non-hydrogen) atoms. The zero-order valence-electron chi connectivity index (χ0n) is 16.1. The highest BCUT2D eigenvalue weighted by atomic mass is 16.7. The number of fused-ring (bicyclic) bond motifs is 1. The van der Waals surface area contributed by atoms with Crippen LogP contribution in [-0.4, -0.2) is 26.0 Å². The van der Waals surface area contributed by atoms with Gasteiger partial charge in [0.25, 0.3) is 0 Å². The fraction of sp³-hybridized carbons (Fsp3) is 0.333. The van der Waals surface area contributed by atoms with Crippen LogP contribution >= 0.6 is 0 Å². The van der Waals surface area contributed by atoms with Crippen LogP contribution in [0.15, 0.2) is 66.7 Å². The number of nitrogens with two attached hydrogens (primary N) is 1. The van der Waals surface area contributed by atoms with Gasteiger partial charge < -0.3 is 19.9 Å². The van der Waals surface area contributed by atoms with Crippen molar-refractivity contribution in [3.8, 4) is 5.75 Å². The van der Waals surface area contributed by atoms with Crippen molar-refractivity contribution in [3.63, 3.8) is 0 Å². The van der Waals surface area contributed by atoms with E-state index in [-0.39, 0.29) is 12.2 Å². The molecule has 1 saturated heterocycles. The quantitative estimate of drug-likeness (QED) is 0.653. The number of ether oxygens (including phenoxy) is 3. The van der Waals surface area contributed by atoms with Crippen LogP contribution in [0.5, 0.6) is 5.75 Å². The van der Waals surface area contributed by atoms with Gasteiger partial charge in [-0.15, -0.1) is 0 Å². The second-order valence-electron chi connectivity index (χ2n) is 7.23. The normalized spacial score (nSPS) is 19.6. The fourth-order valence-electron chi connectivity index (χ4n) is 3.65. The largest absolute Gasteiger partial charge is 0.489 e. The number of hydrogen-bond donors (Lipinski definition) is 1. The molecule has 0 bridgehead atoms. The molecule has 0 spiro atoms. The second-order valence-corrected chi connectivity index (χ2v) is 7.23. The topological polar surface area (TPSA) is 53.7 Å². The van der Waals surface area contributed by atoms with Gasteiger partial charge in [-0.05, 0) is 53.4 Å². The van der Waals surface area contributed by atoms with Gasteiger partial charge in [0, 0.05) is 5.92 Å². The van der Waals surface area contributed by atoms with Crippen LogP contribution in [0.1, 0.15) is 29.9 Å². The molecule has 1 aliphatic heterocycles. The van der Waals surface area contributed by atoms with Crippen molar-refractivity contribution in [2.75, 3.05) is 19.8 Å². The molecule has 2 N–H and O–H groups in total. The highest BCUT2D eigenvalue weighted by Gasteiger charge is 2.24. The number of rotatable bonds is 7. The third-order valence-corrected chi connectivity index (χ3v) is 5.18. The van der Waals surface area contributed by atoms with Crippen molar-refractivity contribution in [1.82, 2.24) is 0 Å². The SMILES string of the molecule is NCCCC1OCC(c2cccc3cc(OCc4ccccc4)ccc23)CO1. The van der Waals surface area contributed by atoms with Gasteiger partial charge >= 0.3 is 0 Å². The van der Waals surface area contributed by atoms with Gasteiger partial charge in [-0.3, -0.25) is 0 Å². The van der Waals surface area contributed by atoms with Gasteiger partial charge in [0.1, 0.15) is 12.4 Å². The lowest BCUT2D eigenvalue weighted by Gasteiger charge is -2.30. The Labute approximate surface area is 166 Å². The summed E-state index contributed by atoms with van der Waals surface area (Å²) in [5.74, 6) is 1.13. The Morgan fingerprint density at radius 2 is 1.75 bits per heavy atom. The molecule has 0 unspecified atom stereocenters. The third-order valence-electron chi connectivity index (χ3n) is 5.18. The molecule has 0 saturated carbocycles. The van der Waals surface area contributed by atoms with Crippen LogP contribution in [0, 0.1) is 0 Å². The van der Waals surface area contributed by atoms with E-state index in [9.17, 15) is 0 Å². The minimum atomic E-state index is -0.118. The Morgan fingerprint density at radius 1 is 0.929 bits per heavy atom. The number of benzene rings is 3. The van der Waals surface area contributed by atoms with Gasteiger partial charge in [0.05, 0.1) is 13.2 Å². The van der Waals surface area contributed by atoms with E-state index in [1.54, 1.807) is 0 Å². The monoisotopic (exact) mass is 377 g/mol. The molecule has 146 valence electrons. The van der Waals surface area contributed by atoms with E-state index in [1.807, 2.05) is 24.3 Å². The Kier molecular flexibility index (Phi) is 6.22. The molecule has 4 heteroatoms. The summed E-state index contributed by atoms with van der Waals surface area (Å²) in [5.41, 5.74) is 8.00. The van der Waals surface area contributed by atoms with Gasteiger partial charge in [-0.2, -0.15) is 0 Å². The van der Waals surface area contributed by atoms with Crippen molar-refractivity contribution in [1.29, 1.82) is 0 Å². The summed E-state index contributed by atoms with van der Waals surface area (Å²) in [6.07, 6.45) is 1.67. The predicted molar refractivity (Wildman–Crippen MR) is 111 cm³/mol. The van der Waals surface area contributed by atoms with E-state index < -0.39 is 0 Å². The van der Waals surface area contributed by atoms with Crippen molar-refractivity contribution in [3.05, 3.63) is 77.9 Å². The van der Waals surface area contributed by atoms with Crippen LogP contribution in [0.25, 0.3) is 10.8 Å². The van der Waals surface area contributed by atoms with Crippen LogP contribution in [-0.2, 0) is 16.1 Å².